The Balaban J connectivity index is 0.00000289. The number of hydrogen-bond acceptors (Lipinski definition) is 4. The van der Waals surface area contributed by atoms with Crippen LogP contribution < -0.4 is 10.5 Å². The molecule has 1 aromatic rings. The maximum atomic E-state index is 11.3. The first-order valence-electron chi connectivity index (χ1n) is 5.33. The summed E-state index contributed by atoms with van der Waals surface area (Å²) in [4.78, 5) is 11.3. The Morgan fingerprint density at radius 3 is 2.67 bits per heavy atom. The van der Waals surface area contributed by atoms with Crippen LogP contribution in [0.25, 0.3) is 0 Å². The first-order chi connectivity index (χ1) is 8.08. The summed E-state index contributed by atoms with van der Waals surface area (Å²) in [6.45, 7) is 2.14. The molecule has 4 nitrogen and oxygen atoms in total. The van der Waals surface area contributed by atoms with Crippen LogP contribution in [0.2, 0.25) is 0 Å². The van der Waals surface area contributed by atoms with Gasteiger partial charge in [0.05, 0.1) is 24.6 Å². The first kappa shape index (κ1) is 17.2. The number of rotatable bonds is 5. The van der Waals surface area contributed by atoms with Gasteiger partial charge in [-0.15, -0.1) is 12.4 Å². The smallest absolute Gasteiger partial charge is 0.307 e. The minimum absolute atomic E-state index is 0. The molecule has 1 aromatic carbocycles. The summed E-state index contributed by atoms with van der Waals surface area (Å²) in [5, 5.41) is 0. The van der Waals surface area contributed by atoms with Crippen molar-refractivity contribution in [2.24, 2.45) is 5.73 Å². The fraction of sp³-hybridized carbons (Fsp3) is 0.417. The van der Waals surface area contributed by atoms with Crippen LogP contribution in [0.4, 0.5) is 0 Å². The van der Waals surface area contributed by atoms with Crippen LogP contribution in [0, 0.1) is 0 Å². The molecule has 0 saturated heterocycles. The zero-order valence-corrected chi connectivity index (χ0v) is 12.7. The molecule has 6 heteroatoms. The number of halogens is 2. The molecule has 0 heterocycles. The molecule has 0 aliphatic rings. The van der Waals surface area contributed by atoms with Gasteiger partial charge in [-0.25, -0.2) is 0 Å². The standard InChI is InChI=1S/C12H16BrNO3.ClH/c1-3-17-12(15)7-10(14)8-4-5-11(16-2)9(13)6-8;/h4-6,10H,3,7,14H2,1-2H3;1H/t10-;/m0./s1. The first-order valence-corrected chi connectivity index (χ1v) is 6.12. The number of carbonyl (C=O) groups excluding carboxylic acids is 1. The van der Waals surface area contributed by atoms with Gasteiger partial charge in [0.25, 0.3) is 0 Å². The Kier molecular flexibility index (Phi) is 7.98. The lowest BCUT2D eigenvalue weighted by Crippen LogP contribution is -2.17. The molecule has 0 unspecified atom stereocenters. The van der Waals surface area contributed by atoms with E-state index in [4.69, 9.17) is 15.2 Å². The number of hydrogen-bond donors (Lipinski definition) is 1. The summed E-state index contributed by atoms with van der Waals surface area (Å²) in [5.41, 5.74) is 6.79. The van der Waals surface area contributed by atoms with Gasteiger partial charge >= 0.3 is 5.97 Å². The molecule has 0 aromatic heterocycles. The second kappa shape index (κ2) is 8.34. The van der Waals surface area contributed by atoms with E-state index in [1.807, 2.05) is 18.2 Å². The van der Waals surface area contributed by atoms with Gasteiger partial charge in [0.15, 0.2) is 0 Å². The molecular formula is C12H17BrClNO3. The molecule has 1 atom stereocenters. The molecule has 0 spiro atoms. The summed E-state index contributed by atoms with van der Waals surface area (Å²) in [5.74, 6) is 0.448. The van der Waals surface area contributed by atoms with Gasteiger partial charge in [-0.05, 0) is 40.5 Å². The zero-order chi connectivity index (χ0) is 12.8. The normalized spacial score (nSPS) is 11.3. The van der Waals surface area contributed by atoms with Crippen LogP contribution in [0.5, 0.6) is 5.75 Å². The number of esters is 1. The number of nitrogens with two attached hydrogens (primary N) is 1. The van der Waals surface area contributed by atoms with Crippen LogP contribution >= 0.6 is 28.3 Å². The summed E-state index contributed by atoms with van der Waals surface area (Å²) in [6, 6.07) is 5.14. The fourth-order valence-corrected chi connectivity index (χ4v) is 1.99. The molecule has 0 radical (unpaired) electrons. The van der Waals surface area contributed by atoms with Crippen LogP contribution in [0.3, 0.4) is 0 Å². The van der Waals surface area contributed by atoms with Gasteiger partial charge in [-0.2, -0.15) is 0 Å². The lowest BCUT2D eigenvalue weighted by Gasteiger charge is -2.13. The van der Waals surface area contributed by atoms with E-state index in [9.17, 15) is 4.79 Å². The van der Waals surface area contributed by atoms with Crippen LogP contribution in [0.1, 0.15) is 24.9 Å². The molecule has 1 rings (SSSR count). The predicted octanol–water partition coefficient (Wildman–Crippen LogP) is 2.83. The van der Waals surface area contributed by atoms with Crippen molar-refractivity contribution in [1.29, 1.82) is 0 Å². The lowest BCUT2D eigenvalue weighted by molar-refractivity contribution is -0.143. The summed E-state index contributed by atoms with van der Waals surface area (Å²) in [7, 11) is 1.60. The SMILES string of the molecule is CCOC(=O)C[C@H](N)c1ccc(OC)c(Br)c1.Cl. The molecule has 0 saturated carbocycles. The summed E-state index contributed by atoms with van der Waals surface area (Å²) >= 11 is 3.38. The zero-order valence-electron chi connectivity index (χ0n) is 10.3. The quantitative estimate of drug-likeness (QED) is 0.839. The molecule has 0 bridgehead atoms. The van der Waals surface area contributed by atoms with E-state index in [2.05, 4.69) is 15.9 Å². The Bertz CT molecular complexity index is 401. The third-order valence-corrected chi connectivity index (χ3v) is 2.92. The van der Waals surface area contributed by atoms with E-state index in [-0.39, 0.29) is 30.8 Å². The highest BCUT2D eigenvalue weighted by atomic mass is 79.9. The van der Waals surface area contributed by atoms with E-state index in [1.54, 1.807) is 14.0 Å². The summed E-state index contributed by atoms with van der Waals surface area (Å²) < 4.78 is 10.8. The average Bonchev–Trinajstić information content (AvgIpc) is 2.29. The number of benzene rings is 1. The van der Waals surface area contributed by atoms with Crippen molar-refractivity contribution in [3.05, 3.63) is 28.2 Å². The minimum Gasteiger partial charge on any atom is -0.496 e. The second-order valence-corrected chi connectivity index (χ2v) is 4.36. The van der Waals surface area contributed by atoms with Crippen LogP contribution in [-0.2, 0) is 9.53 Å². The monoisotopic (exact) mass is 337 g/mol. The largest absolute Gasteiger partial charge is 0.496 e. The Morgan fingerprint density at radius 1 is 1.50 bits per heavy atom. The molecule has 0 aliphatic heterocycles. The van der Waals surface area contributed by atoms with E-state index < -0.39 is 0 Å². The van der Waals surface area contributed by atoms with Crippen molar-refractivity contribution in [3.8, 4) is 5.75 Å². The second-order valence-electron chi connectivity index (χ2n) is 3.51. The van der Waals surface area contributed by atoms with Crippen LogP contribution in [-0.4, -0.2) is 19.7 Å². The Morgan fingerprint density at radius 2 is 2.17 bits per heavy atom. The third kappa shape index (κ3) is 4.84. The average molecular weight is 339 g/mol. The molecule has 0 amide bonds. The van der Waals surface area contributed by atoms with Gasteiger partial charge in [0.2, 0.25) is 0 Å². The predicted molar refractivity (Wildman–Crippen MR) is 76.1 cm³/mol. The number of ether oxygens (including phenoxy) is 2. The van der Waals surface area contributed by atoms with Crippen molar-refractivity contribution < 1.29 is 14.3 Å². The fourth-order valence-electron chi connectivity index (χ4n) is 1.43. The van der Waals surface area contributed by atoms with E-state index in [0.29, 0.717) is 6.61 Å². The number of carbonyl (C=O) groups is 1. The maximum Gasteiger partial charge on any atom is 0.307 e. The maximum absolute atomic E-state index is 11.3. The topological polar surface area (TPSA) is 61.5 Å². The van der Waals surface area contributed by atoms with E-state index >= 15 is 0 Å². The Labute approximate surface area is 121 Å². The number of methoxy groups -OCH3 is 1. The lowest BCUT2D eigenvalue weighted by atomic mass is 10.0. The molecule has 0 aliphatic carbocycles. The molecule has 2 N–H and O–H groups in total. The van der Waals surface area contributed by atoms with E-state index in [0.717, 1.165) is 15.8 Å². The van der Waals surface area contributed by atoms with E-state index in [1.165, 1.54) is 0 Å². The van der Waals surface area contributed by atoms with Crippen molar-refractivity contribution in [2.75, 3.05) is 13.7 Å². The highest BCUT2D eigenvalue weighted by Crippen LogP contribution is 2.28. The third-order valence-electron chi connectivity index (χ3n) is 2.30. The van der Waals surface area contributed by atoms with Gasteiger partial charge in [0.1, 0.15) is 5.75 Å². The van der Waals surface area contributed by atoms with Gasteiger partial charge < -0.3 is 15.2 Å². The van der Waals surface area contributed by atoms with Crippen molar-refractivity contribution in [1.82, 2.24) is 0 Å². The molecule has 0 fully saturated rings. The van der Waals surface area contributed by atoms with Crippen LogP contribution in [0.15, 0.2) is 22.7 Å². The van der Waals surface area contributed by atoms with Gasteiger partial charge in [0, 0.05) is 6.04 Å². The van der Waals surface area contributed by atoms with Gasteiger partial charge in [-0.3, -0.25) is 4.79 Å². The summed E-state index contributed by atoms with van der Waals surface area (Å²) in [6.07, 6.45) is 0.173. The minimum atomic E-state index is -0.365. The van der Waals surface area contributed by atoms with Crippen molar-refractivity contribution in [3.63, 3.8) is 0 Å². The Hall–Kier alpha value is -0.780. The van der Waals surface area contributed by atoms with Crippen molar-refractivity contribution in [2.45, 2.75) is 19.4 Å². The van der Waals surface area contributed by atoms with Gasteiger partial charge in [-0.1, -0.05) is 6.07 Å². The van der Waals surface area contributed by atoms with Crippen molar-refractivity contribution >= 4 is 34.3 Å². The molecular weight excluding hydrogens is 321 g/mol. The highest BCUT2D eigenvalue weighted by molar-refractivity contribution is 9.10. The highest BCUT2D eigenvalue weighted by Gasteiger charge is 2.13. The molecule has 102 valence electrons. The molecule has 18 heavy (non-hydrogen) atoms.